The van der Waals surface area contributed by atoms with Gasteiger partial charge in [-0.15, -0.1) is 0 Å². The van der Waals surface area contributed by atoms with Gasteiger partial charge in [-0.25, -0.2) is 4.98 Å². The maximum absolute atomic E-state index is 11.3. The number of fused-ring (bicyclic) bond motifs is 1. The van der Waals surface area contributed by atoms with Gasteiger partial charge in [0.1, 0.15) is 11.5 Å². The molecule has 0 atom stereocenters. The summed E-state index contributed by atoms with van der Waals surface area (Å²) in [6.45, 7) is 11.0. The third-order valence-corrected chi connectivity index (χ3v) is 3.70. The van der Waals surface area contributed by atoms with E-state index in [2.05, 4.69) is 39.5 Å². The molecule has 0 radical (unpaired) electrons. The topological polar surface area (TPSA) is 40.9 Å². The molecule has 1 aliphatic rings. The lowest BCUT2D eigenvalue weighted by atomic mass is 10.3. The number of amides is 1. The molecule has 1 amide bonds. The molecule has 0 bridgehead atoms. The van der Waals surface area contributed by atoms with Gasteiger partial charge in [-0.1, -0.05) is 13.8 Å². The van der Waals surface area contributed by atoms with Gasteiger partial charge in [-0.05, 0) is 24.6 Å². The number of carbonyl (C=O) groups is 1. The predicted molar refractivity (Wildman–Crippen MR) is 85.7 cm³/mol. The van der Waals surface area contributed by atoms with Crippen LogP contribution in [-0.2, 0) is 4.79 Å². The molecule has 5 heteroatoms. The van der Waals surface area contributed by atoms with Gasteiger partial charge in [0.2, 0.25) is 5.91 Å². The quantitative estimate of drug-likeness (QED) is 0.808. The predicted octanol–water partition coefficient (Wildman–Crippen LogP) is 2.34. The number of aryl methyl sites for hydroxylation is 1. The Balaban J connectivity index is 0.000000774. The van der Waals surface area contributed by atoms with Gasteiger partial charge in [0.25, 0.3) is 0 Å². The molecular formula is C16H24N4O. The molecule has 0 aliphatic carbocycles. The highest BCUT2D eigenvalue weighted by molar-refractivity contribution is 5.73. The second-order valence-corrected chi connectivity index (χ2v) is 5.04. The van der Waals surface area contributed by atoms with Crippen LogP contribution in [-0.4, -0.2) is 46.4 Å². The first-order valence-electron chi connectivity index (χ1n) is 7.59. The molecule has 0 unspecified atom stereocenters. The molecule has 0 aromatic carbocycles. The summed E-state index contributed by atoms with van der Waals surface area (Å²) in [4.78, 5) is 20.0. The number of pyridine rings is 1. The van der Waals surface area contributed by atoms with Gasteiger partial charge >= 0.3 is 0 Å². The number of carbonyl (C=O) groups excluding carboxylic acids is 1. The van der Waals surface area contributed by atoms with Crippen LogP contribution in [0.5, 0.6) is 0 Å². The zero-order chi connectivity index (χ0) is 15.4. The van der Waals surface area contributed by atoms with Crippen molar-refractivity contribution in [1.82, 2.24) is 14.3 Å². The Hall–Kier alpha value is -2.04. The first-order valence-corrected chi connectivity index (χ1v) is 7.59. The first kappa shape index (κ1) is 15.4. The van der Waals surface area contributed by atoms with Crippen LogP contribution in [0.15, 0.2) is 24.5 Å². The van der Waals surface area contributed by atoms with Crippen molar-refractivity contribution in [3.05, 3.63) is 30.1 Å². The number of hydrogen-bond acceptors (Lipinski definition) is 3. The van der Waals surface area contributed by atoms with Crippen molar-refractivity contribution < 1.29 is 4.79 Å². The summed E-state index contributed by atoms with van der Waals surface area (Å²) in [6.07, 6.45) is 3.97. The molecule has 21 heavy (non-hydrogen) atoms. The molecule has 1 saturated heterocycles. The Morgan fingerprint density at radius 3 is 2.48 bits per heavy atom. The van der Waals surface area contributed by atoms with Gasteiger partial charge in [0, 0.05) is 39.3 Å². The maximum atomic E-state index is 11.3. The molecule has 5 nitrogen and oxygen atoms in total. The van der Waals surface area contributed by atoms with Crippen LogP contribution in [0.2, 0.25) is 0 Å². The van der Waals surface area contributed by atoms with Gasteiger partial charge in [0.05, 0.1) is 6.20 Å². The largest absolute Gasteiger partial charge is 0.353 e. The van der Waals surface area contributed by atoms with Crippen LogP contribution in [0, 0.1) is 6.92 Å². The number of aromatic nitrogens is 2. The molecule has 1 fully saturated rings. The fourth-order valence-corrected chi connectivity index (χ4v) is 2.55. The van der Waals surface area contributed by atoms with Crippen LogP contribution < -0.4 is 4.90 Å². The van der Waals surface area contributed by atoms with E-state index in [1.54, 1.807) is 6.92 Å². The fourth-order valence-electron chi connectivity index (χ4n) is 2.55. The average molecular weight is 288 g/mol. The van der Waals surface area contributed by atoms with Crippen LogP contribution in [0.1, 0.15) is 26.3 Å². The summed E-state index contributed by atoms with van der Waals surface area (Å²) >= 11 is 0. The lowest BCUT2D eigenvalue weighted by molar-refractivity contribution is -0.129. The van der Waals surface area contributed by atoms with E-state index in [0.29, 0.717) is 0 Å². The first-order chi connectivity index (χ1) is 10.1. The van der Waals surface area contributed by atoms with Crippen molar-refractivity contribution in [3.63, 3.8) is 0 Å². The third kappa shape index (κ3) is 3.17. The Labute approximate surface area is 126 Å². The van der Waals surface area contributed by atoms with E-state index in [0.717, 1.165) is 37.6 Å². The van der Waals surface area contributed by atoms with E-state index in [9.17, 15) is 4.79 Å². The highest BCUT2D eigenvalue weighted by atomic mass is 16.2. The third-order valence-electron chi connectivity index (χ3n) is 3.70. The summed E-state index contributed by atoms with van der Waals surface area (Å²) in [7, 11) is 0. The van der Waals surface area contributed by atoms with E-state index in [-0.39, 0.29) is 5.91 Å². The molecule has 114 valence electrons. The minimum Gasteiger partial charge on any atom is -0.353 e. The van der Waals surface area contributed by atoms with Gasteiger partial charge in [-0.3, -0.25) is 9.20 Å². The smallest absolute Gasteiger partial charge is 0.219 e. The summed E-state index contributed by atoms with van der Waals surface area (Å²) in [6, 6.07) is 4.17. The van der Waals surface area contributed by atoms with E-state index >= 15 is 0 Å². The SMILES string of the molecule is CC.CC(=O)N1CCN(c2cnc3cc(C)ccn23)CC1. The van der Waals surface area contributed by atoms with Crippen LogP contribution in [0.25, 0.3) is 5.65 Å². The van der Waals surface area contributed by atoms with Gasteiger partial charge in [0.15, 0.2) is 0 Å². The Bertz CT molecular complexity index is 612. The minimum atomic E-state index is 0.161. The molecule has 1 aliphatic heterocycles. The van der Waals surface area contributed by atoms with Crippen molar-refractivity contribution in [2.24, 2.45) is 0 Å². The van der Waals surface area contributed by atoms with Crippen LogP contribution in [0.3, 0.4) is 0 Å². The van der Waals surface area contributed by atoms with Crippen LogP contribution in [0.4, 0.5) is 5.82 Å². The number of rotatable bonds is 1. The molecular weight excluding hydrogens is 264 g/mol. The second-order valence-electron chi connectivity index (χ2n) is 5.04. The molecule has 2 aromatic rings. The molecule has 0 spiro atoms. The van der Waals surface area contributed by atoms with Gasteiger partial charge < -0.3 is 9.80 Å². The normalized spacial score (nSPS) is 14.9. The van der Waals surface area contributed by atoms with Crippen molar-refractivity contribution in [2.45, 2.75) is 27.7 Å². The number of piperazine rings is 1. The maximum Gasteiger partial charge on any atom is 0.219 e. The molecule has 0 saturated carbocycles. The minimum absolute atomic E-state index is 0.161. The highest BCUT2D eigenvalue weighted by Gasteiger charge is 2.20. The molecule has 3 rings (SSSR count). The van der Waals surface area contributed by atoms with Gasteiger partial charge in [-0.2, -0.15) is 0 Å². The van der Waals surface area contributed by atoms with Crippen molar-refractivity contribution >= 4 is 17.4 Å². The average Bonchev–Trinajstić information content (AvgIpc) is 2.92. The summed E-state index contributed by atoms with van der Waals surface area (Å²) in [5.74, 6) is 1.27. The summed E-state index contributed by atoms with van der Waals surface area (Å²) in [5.41, 5.74) is 2.19. The number of hydrogen-bond donors (Lipinski definition) is 0. The van der Waals surface area contributed by atoms with Crippen molar-refractivity contribution in [1.29, 1.82) is 0 Å². The summed E-state index contributed by atoms with van der Waals surface area (Å²) < 4.78 is 2.11. The summed E-state index contributed by atoms with van der Waals surface area (Å²) in [5, 5.41) is 0. The van der Waals surface area contributed by atoms with E-state index < -0.39 is 0 Å². The lowest BCUT2D eigenvalue weighted by Gasteiger charge is -2.35. The number of imidazole rings is 1. The standard InChI is InChI=1S/C14H18N4O.C2H6/c1-11-3-4-18-13(9-11)15-10-14(18)17-7-5-16(6-8-17)12(2)19;1-2/h3-4,9-10H,5-8H2,1-2H3;1-2H3. The highest BCUT2D eigenvalue weighted by Crippen LogP contribution is 2.19. The molecule has 0 N–H and O–H groups in total. The number of anilines is 1. The Morgan fingerprint density at radius 1 is 1.19 bits per heavy atom. The van der Waals surface area contributed by atoms with E-state index in [4.69, 9.17) is 0 Å². The lowest BCUT2D eigenvalue weighted by Crippen LogP contribution is -2.48. The van der Waals surface area contributed by atoms with E-state index in [1.165, 1.54) is 5.56 Å². The zero-order valence-electron chi connectivity index (χ0n) is 13.3. The fraction of sp³-hybridized carbons (Fsp3) is 0.500. The van der Waals surface area contributed by atoms with Crippen LogP contribution >= 0.6 is 0 Å². The van der Waals surface area contributed by atoms with Crippen molar-refractivity contribution in [2.75, 3.05) is 31.1 Å². The van der Waals surface area contributed by atoms with E-state index in [1.807, 2.05) is 24.9 Å². The monoisotopic (exact) mass is 288 g/mol. The second kappa shape index (κ2) is 6.61. The molecule has 3 heterocycles. The van der Waals surface area contributed by atoms with Crippen molar-refractivity contribution in [3.8, 4) is 0 Å². The number of nitrogens with zero attached hydrogens (tertiary/aromatic N) is 4. The molecule has 2 aromatic heterocycles. The zero-order valence-corrected chi connectivity index (χ0v) is 13.3. The Kier molecular flexibility index (Phi) is 4.83. The Morgan fingerprint density at radius 2 is 1.86 bits per heavy atom.